The van der Waals surface area contributed by atoms with Crippen LogP contribution in [0.3, 0.4) is 0 Å². The van der Waals surface area contributed by atoms with Gasteiger partial charge in [-0.3, -0.25) is 4.79 Å². The van der Waals surface area contributed by atoms with Gasteiger partial charge in [0.15, 0.2) is 0 Å². The summed E-state index contributed by atoms with van der Waals surface area (Å²) in [5.41, 5.74) is 2.80. The number of hydrogen-bond donors (Lipinski definition) is 2. The lowest BCUT2D eigenvalue weighted by Crippen LogP contribution is -2.05. The Morgan fingerprint density at radius 1 is 0.842 bits per heavy atom. The van der Waals surface area contributed by atoms with Crippen molar-refractivity contribution in [3.05, 3.63) is 57.3 Å². The Labute approximate surface area is 116 Å². The summed E-state index contributed by atoms with van der Waals surface area (Å²) in [7, 11) is 0. The van der Waals surface area contributed by atoms with Crippen molar-refractivity contribution in [3.8, 4) is 0 Å². The molecule has 2 heterocycles. The summed E-state index contributed by atoms with van der Waals surface area (Å²) in [6, 6.07) is 13.6. The quantitative estimate of drug-likeness (QED) is 0.508. The van der Waals surface area contributed by atoms with Gasteiger partial charge in [0.2, 0.25) is 0 Å². The summed E-state index contributed by atoms with van der Waals surface area (Å²) in [4.78, 5) is 18.5. The molecule has 4 heteroatoms. The largest absolute Gasteiger partial charge is 0.353 e. The first-order valence-corrected chi connectivity index (χ1v) is 6.75. The van der Waals surface area contributed by atoms with E-state index in [4.69, 9.17) is 0 Å². The molecule has 4 aromatic rings. The fourth-order valence-corrected chi connectivity index (χ4v) is 2.94. The first-order chi connectivity index (χ1) is 9.24. The molecule has 0 aliphatic carbocycles. The number of H-pyrrole nitrogens is 2. The van der Waals surface area contributed by atoms with Crippen LogP contribution < -0.4 is 5.56 Å². The van der Waals surface area contributed by atoms with E-state index in [1.54, 1.807) is 0 Å². The van der Waals surface area contributed by atoms with Gasteiger partial charge in [-0.2, -0.15) is 0 Å². The van der Waals surface area contributed by atoms with Crippen molar-refractivity contribution in [3.63, 3.8) is 0 Å². The van der Waals surface area contributed by atoms with Gasteiger partial charge < -0.3 is 9.97 Å². The van der Waals surface area contributed by atoms with Crippen molar-refractivity contribution in [2.45, 2.75) is 0 Å². The fraction of sp³-hybridized carbons (Fsp3) is 0. The number of aromatic nitrogens is 2. The molecule has 0 atom stereocenters. The molecule has 0 bridgehead atoms. The zero-order valence-electron chi connectivity index (χ0n) is 9.83. The molecule has 0 aliphatic heterocycles. The Kier molecular flexibility index (Phi) is 2.11. The third-order valence-electron chi connectivity index (χ3n) is 3.44. The van der Waals surface area contributed by atoms with E-state index in [-0.39, 0.29) is 5.56 Å². The van der Waals surface area contributed by atoms with Crippen LogP contribution in [0.1, 0.15) is 0 Å². The maximum atomic E-state index is 12.1. The Morgan fingerprint density at radius 3 is 2.42 bits per heavy atom. The maximum Gasteiger partial charge on any atom is 0.256 e. The van der Waals surface area contributed by atoms with Crippen LogP contribution in [0.25, 0.3) is 32.7 Å². The highest BCUT2D eigenvalue weighted by atomic mass is 79.9. The zero-order chi connectivity index (χ0) is 13.0. The Balaban J connectivity index is 2.36. The molecule has 0 spiro atoms. The molecule has 0 aliphatic rings. The molecule has 0 unspecified atom stereocenters. The van der Waals surface area contributed by atoms with E-state index in [2.05, 4.69) is 25.9 Å². The Bertz CT molecular complexity index is 997. The van der Waals surface area contributed by atoms with Gasteiger partial charge in [0.05, 0.1) is 11.0 Å². The molecule has 3 nitrogen and oxygen atoms in total. The molecule has 2 aromatic carbocycles. The lowest BCUT2D eigenvalue weighted by molar-refractivity contribution is 1.35. The number of halogens is 1. The topological polar surface area (TPSA) is 48.6 Å². The van der Waals surface area contributed by atoms with Crippen LogP contribution in [0.15, 0.2) is 51.7 Å². The second kappa shape index (κ2) is 3.71. The molecule has 0 radical (unpaired) electrons. The van der Waals surface area contributed by atoms with Crippen LogP contribution >= 0.6 is 15.9 Å². The normalized spacial score (nSPS) is 11.6. The van der Waals surface area contributed by atoms with Crippen LogP contribution in [0, 0.1) is 0 Å². The van der Waals surface area contributed by atoms with Crippen LogP contribution in [0.4, 0.5) is 0 Å². The number of hydrogen-bond acceptors (Lipinski definition) is 1. The van der Waals surface area contributed by atoms with E-state index in [0.29, 0.717) is 5.39 Å². The van der Waals surface area contributed by atoms with E-state index in [1.165, 1.54) is 0 Å². The van der Waals surface area contributed by atoms with E-state index in [1.807, 2.05) is 42.5 Å². The van der Waals surface area contributed by atoms with Crippen molar-refractivity contribution in [1.29, 1.82) is 0 Å². The average molecular weight is 313 g/mol. The van der Waals surface area contributed by atoms with Gasteiger partial charge in [-0.05, 0) is 24.3 Å². The van der Waals surface area contributed by atoms with E-state index < -0.39 is 0 Å². The van der Waals surface area contributed by atoms with Gasteiger partial charge in [0, 0.05) is 26.1 Å². The van der Waals surface area contributed by atoms with Gasteiger partial charge >= 0.3 is 0 Å². The van der Waals surface area contributed by atoms with E-state index >= 15 is 0 Å². The molecule has 92 valence electrons. The predicted octanol–water partition coefficient (Wildman–Crippen LogP) is 3.93. The number of aromatic amines is 2. The molecule has 0 amide bonds. The van der Waals surface area contributed by atoms with Crippen molar-refractivity contribution >= 4 is 48.6 Å². The second-order valence-electron chi connectivity index (χ2n) is 4.56. The van der Waals surface area contributed by atoms with E-state index in [9.17, 15) is 4.79 Å². The first kappa shape index (κ1) is 10.8. The fourth-order valence-electron chi connectivity index (χ4n) is 2.58. The van der Waals surface area contributed by atoms with Crippen LogP contribution in [0.5, 0.6) is 0 Å². The predicted molar refractivity (Wildman–Crippen MR) is 81.6 cm³/mol. The highest BCUT2D eigenvalue weighted by molar-refractivity contribution is 9.10. The standard InChI is InChI=1S/C15H9BrN2O/c16-8-5-6-12-11(7-8)14-13(17-12)9-3-1-2-4-10(9)15(19)18-14/h1-7,17H,(H,18,19). The van der Waals surface area contributed by atoms with E-state index in [0.717, 1.165) is 31.8 Å². The summed E-state index contributed by atoms with van der Waals surface area (Å²) in [5, 5.41) is 2.68. The lowest BCUT2D eigenvalue weighted by Gasteiger charge is -1.98. The summed E-state index contributed by atoms with van der Waals surface area (Å²) in [5.74, 6) is 0. The van der Waals surface area contributed by atoms with Crippen molar-refractivity contribution < 1.29 is 0 Å². The molecule has 4 rings (SSSR count). The molecule has 0 saturated carbocycles. The minimum Gasteiger partial charge on any atom is -0.353 e. The third-order valence-corrected chi connectivity index (χ3v) is 3.93. The summed E-state index contributed by atoms with van der Waals surface area (Å²) in [6.07, 6.45) is 0. The minimum atomic E-state index is -0.0519. The number of pyridine rings is 1. The molecule has 2 N–H and O–H groups in total. The molecule has 0 saturated heterocycles. The minimum absolute atomic E-state index is 0.0519. The summed E-state index contributed by atoms with van der Waals surface area (Å²) in [6.45, 7) is 0. The third kappa shape index (κ3) is 1.47. The SMILES string of the molecule is O=c1[nH]c2c3cc(Br)ccc3[nH]c2c2ccccc12. The number of nitrogens with one attached hydrogen (secondary N) is 2. The zero-order valence-corrected chi connectivity index (χ0v) is 11.4. The molecule has 0 fully saturated rings. The smallest absolute Gasteiger partial charge is 0.256 e. The van der Waals surface area contributed by atoms with Gasteiger partial charge in [-0.25, -0.2) is 0 Å². The molecular weight excluding hydrogens is 304 g/mol. The number of rotatable bonds is 0. The Morgan fingerprint density at radius 2 is 1.58 bits per heavy atom. The highest BCUT2D eigenvalue weighted by Crippen LogP contribution is 2.29. The molecular formula is C15H9BrN2O. The monoisotopic (exact) mass is 312 g/mol. The number of benzene rings is 2. The first-order valence-electron chi connectivity index (χ1n) is 5.96. The average Bonchev–Trinajstić information content (AvgIpc) is 2.78. The van der Waals surface area contributed by atoms with Crippen molar-refractivity contribution in [2.24, 2.45) is 0 Å². The summed E-state index contributed by atoms with van der Waals surface area (Å²) < 4.78 is 0.995. The number of fused-ring (bicyclic) bond motifs is 5. The van der Waals surface area contributed by atoms with Gasteiger partial charge in [-0.15, -0.1) is 0 Å². The van der Waals surface area contributed by atoms with Gasteiger partial charge in [0.25, 0.3) is 5.56 Å². The Hall–Kier alpha value is -2.07. The molecule has 19 heavy (non-hydrogen) atoms. The van der Waals surface area contributed by atoms with Crippen LogP contribution in [-0.4, -0.2) is 9.97 Å². The second-order valence-corrected chi connectivity index (χ2v) is 5.48. The van der Waals surface area contributed by atoms with Crippen LogP contribution in [-0.2, 0) is 0 Å². The van der Waals surface area contributed by atoms with Crippen molar-refractivity contribution in [1.82, 2.24) is 9.97 Å². The summed E-state index contributed by atoms with van der Waals surface area (Å²) >= 11 is 3.47. The van der Waals surface area contributed by atoms with Crippen molar-refractivity contribution in [2.75, 3.05) is 0 Å². The molecule has 2 aromatic heterocycles. The van der Waals surface area contributed by atoms with Gasteiger partial charge in [-0.1, -0.05) is 34.1 Å². The lowest BCUT2D eigenvalue weighted by atomic mass is 10.1. The van der Waals surface area contributed by atoms with Gasteiger partial charge in [0.1, 0.15) is 0 Å². The maximum absolute atomic E-state index is 12.1. The highest BCUT2D eigenvalue weighted by Gasteiger charge is 2.10. The van der Waals surface area contributed by atoms with Crippen LogP contribution in [0.2, 0.25) is 0 Å².